The van der Waals surface area contributed by atoms with Gasteiger partial charge in [0.1, 0.15) is 0 Å². The molecule has 14 heavy (non-hydrogen) atoms. The SMILES string of the molecule is CCC(C)OC(=O)c1ccc(Br)cc1. The van der Waals surface area contributed by atoms with Crippen molar-refractivity contribution in [2.24, 2.45) is 0 Å². The van der Waals surface area contributed by atoms with Crippen LogP contribution in [-0.2, 0) is 4.74 Å². The second kappa shape index (κ2) is 5.15. The van der Waals surface area contributed by atoms with Gasteiger partial charge in [-0.2, -0.15) is 0 Å². The second-order valence-electron chi connectivity index (χ2n) is 3.13. The van der Waals surface area contributed by atoms with Crippen molar-refractivity contribution in [1.82, 2.24) is 0 Å². The summed E-state index contributed by atoms with van der Waals surface area (Å²) in [6.45, 7) is 3.87. The average molecular weight is 257 g/mol. The lowest BCUT2D eigenvalue weighted by molar-refractivity contribution is 0.0334. The summed E-state index contributed by atoms with van der Waals surface area (Å²) in [4.78, 5) is 11.5. The Hall–Kier alpha value is -0.830. The van der Waals surface area contributed by atoms with Crippen LogP contribution in [0.3, 0.4) is 0 Å². The molecule has 0 aliphatic rings. The normalized spacial score (nSPS) is 12.2. The number of hydrogen-bond acceptors (Lipinski definition) is 2. The first kappa shape index (κ1) is 11.2. The molecule has 1 unspecified atom stereocenters. The first-order valence-corrected chi connectivity index (χ1v) is 5.39. The van der Waals surface area contributed by atoms with Crippen molar-refractivity contribution >= 4 is 21.9 Å². The van der Waals surface area contributed by atoms with Gasteiger partial charge >= 0.3 is 5.97 Å². The molecule has 0 N–H and O–H groups in total. The number of rotatable bonds is 3. The molecule has 0 radical (unpaired) electrons. The molecule has 2 nitrogen and oxygen atoms in total. The molecule has 1 atom stereocenters. The quantitative estimate of drug-likeness (QED) is 0.775. The van der Waals surface area contributed by atoms with E-state index in [-0.39, 0.29) is 12.1 Å². The van der Waals surface area contributed by atoms with Crippen molar-refractivity contribution < 1.29 is 9.53 Å². The van der Waals surface area contributed by atoms with E-state index in [1.807, 2.05) is 26.0 Å². The molecule has 0 amide bonds. The molecule has 1 rings (SSSR count). The van der Waals surface area contributed by atoms with Gasteiger partial charge in [-0.3, -0.25) is 0 Å². The molecular formula is C11H13BrO2. The fourth-order valence-corrected chi connectivity index (χ4v) is 1.18. The molecule has 0 aromatic heterocycles. The third kappa shape index (κ3) is 3.14. The number of esters is 1. The predicted molar refractivity (Wildman–Crippen MR) is 59.3 cm³/mol. The van der Waals surface area contributed by atoms with E-state index in [1.165, 1.54) is 0 Å². The highest BCUT2D eigenvalue weighted by atomic mass is 79.9. The van der Waals surface area contributed by atoms with Crippen LogP contribution in [0.15, 0.2) is 28.7 Å². The van der Waals surface area contributed by atoms with Gasteiger partial charge in [0.2, 0.25) is 0 Å². The minimum Gasteiger partial charge on any atom is -0.459 e. The molecule has 0 aliphatic carbocycles. The maximum absolute atomic E-state index is 11.5. The second-order valence-corrected chi connectivity index (χ2v) is 4.05. The minimum absolute atomic E-state index is 0.0221. The summed E-state index contributed by atoms with van der Waals surface area (Å²) < 4.78 is 6.13. The van der Waals surface area contributed by atoms with Gasteiger partial charge in [-0.15, -0.1) is 0 Å². The number of ether oxygens (including phenoxy) is 1. The van der Waals surface area contributed by atoms with Gasteiger partial charge < -0.3 is 4.74 Å². The van der Waals surface area contributed by atoms with Crippen LogP contribution in [0.2, 0.25) is 0 Å². The summed E-state index contributed by atoms with van der Waals surface area (Å²) in [6.07, 6.45) is 0.813. The lowest BCUT2D eigenvalue weighted by Gasteiger charge is -2.10. The zero-order valence-corrected chi connectivity index (χ0v) is 9.87. The number of hydrogen-bond donors (Lipinski definition) is 0. The van der Waals surface area contributed by atoms with Crippen LogP contribution in [0.4, 0.5) is 0 Å². The Balaban J connectivity index is 2.65. The van der Waals surface area contributed by atoms with E-state index in [9.17, 15) is 4.79 Å². The van der Waals surface area contributed by atoms with Gasteiger partial charge in [0.25, 0.3) is 0 Å². The fourth-order valence-electron chi connectivity index (χ4n) is 0.920. The summed E-state index contributed by atoms with van der Waals surface area (Å²) >= 11 is 3.31. The maximum Gasteiger partial charge on any atom is 0.338 e. The first-order valence-electron chi connectivity index (χ1n) is 4.60. The summed E-state index contributed by atoms with van der Waals surface area (Å²) in [7, 11) is 0. The lowest BCUT2D eigenvalue weighted by atomic mass is 10.2. The molecule has 0 saturated carbocycles. The number of carbonyl (C=O) groups excluding carboxylic acids is 1. The summed E-state index contributed by atoms with van der Waals surface area (Å²) in [5.41, 5.74) is 0.591. The van der Waals surface area contributed by atoms with E-state index in [4.69, 9.17) is 4.74 Å². The first-order chi connectivity index (χ1) is 6.63. The highest BCUT2D eigenvalue weighted by Crippen LogP contribution is 2.12. The van der Waals surface area contributed by atoms with E-state index in [2.05, 4.69) is 15.9 Å². The van der Waals surface area contributed by atoms with E-state index >= 15 is 0 Å². The molecule has 0 spiro atoms. The predicted octanol–water partition coefficient (Wildman–Crippen LogP) is 3.40. The van der Waals surface area contributed by atoms with Gasteiger partial charge in [-0.25, -0.2) is 4.79 Å². The monoisotopic (exact) mass is 256 g/mol. The number of carbonyl (C=O) groups is 1. The van der Waals surface area contributed by atoms with Gasteiger partial charge in [-0.1, -0.05) is 22.9 Å². The fraction of sp³-hybridized carbons (Fsp3) is 0.364. The molecule has 0 saturated heterocycles. The average Bonchev–Trinajstić information content (AvgIpc) is 2.18. The van der Waals surface area contributed by atoms with E-state index < -0.39 is 0 Å². The van der Waals surface area contributed by atoms with Crippen LogP contribution >= 0.6 is 15.9 Å². The molecule has 3 heteroatoms. The highest BCUT2D eigenvalue weighted by Gasteiger charge is 2.09. The maximum atomic E-state index is 11.5. The zero-order chi connectivity index (χ0) is 10.6. The van der Waals surface area contributed by atoms with Gasteiger partial charge in [-0.05, 0) is 37.6 Å². The molecule has 0 aliphatic heterocycles. The van der Waals surface area contributed by atoms with Gasteiger partial charge in [0.15, 0.2) is 0 Å². The molecule has 0 bridgehead atoms. The van der Waals surface area contributed by atoms with Crippen molar-refractivity contribution in [3.63, 3.8) is 0 Å². The minimum atomic E-state index is -0.258. The largest absolute Gasteiger partial charge is 0.459 e. The summed E-state index contributed by atoms with van der Waals surface area (Å²) in [5, 5.41) is 0. The highest BCUT2D eigenvalue weighted by molar-refractivity contribution is 9.10. The van der Waals surface area contributed by atoms with E-state index in [0.717, 1.165) is 10.9 Å². The van der Waals surface area contributed by atoms with Crippen LogP contribution in [0.25, 0.3) is 0 Å². The standard InChI is InChI=1S/C11H13BrO2/c1-3-8(2)14-11(13)9-4-6-10(12)7-5-9/h4-8H,3H2,1-2H3. The molecule has 1 aromatic rings. The molecule has 76 valence electrons. The summed E-state index contributed by atoms with van der Waals surface area (Å²) in [6, 6.07) is 7.14. The lowest BCUT2D eigenvalue weighted by Crippen LogP contribution is -2.13. The Morgan fingerprint density at radius 2 is 2.00 bits per heavy atom. The Morgan fingerprint density at radius 3 is 2.50 bits per heavy atom. The van der Waals surface area contributed by atoms with Crippen molar-refractivity contribution in [3.05, 3.63) is 34.3 Å². The van der Waals surface area contributed by atoms with Crippen molar-refractivity contribution in [1.29, 1.82) is 0 Å². The Morgan fingerprint density at radius 1 is 1.43 bits per heavy atom. The Bertz CT molecular complexity index is 306. The zero-order valence-electron chi connectivity index (χ0n) is 8.29. The Labute approximate surface area is 92.4 Å². The van der Waals surface area contributed by atoms with E-state index in [1.54, 1.807) is 12.1 Å². The molecule has 1 aromatic carbocycles. The van der Waals surface area contributed by atoms with Crippen LogP contribution in [0, 0.1) is 0 Å². The van der Waals surface area contributed by atoms with Crippen LogP contribution in [0.5, 0.6) is 0 Å². The molecule has 0 fully saturated rings. The third-order valence-corrected chi connectivity index (χ3v) is 2.49. The Kier molecular flexibility index (Phi) is 4.14. The molecule has 0 heterocycles. The topological polar surface area (TPSA) is 26.3 Å². The third-order valence-electron chi connectivity index (χ3n) is 1.96. The van der Waals surface area contributed by atoms with Crippen LogP contribution < -0.4 is 0 Å². The van der Waals surface area contributed by atoms with Crippen molar-refractivity contribution in [3.8, 4) is 0 Å². The summed E-state index contributed by atoms with van der Waals surface area (Å²) in [5.74, 6) is -0.258. The van der Waals surface area contributed by atoms with Crippen molar-refractivity contribution in [2.45, 2.75) is 26.4 Å². The number of halogens is 1. The van der Waals surface area contributed by atoms with Gasteiger partial charge in [0.05, 0.1) is 11.7 Å². The molecular weight excluding hydrogens is 244 g/mol. The van der Waals surface area contributed by atoms with Crippen LogP contribution in [0.1, 0.15) is 30.6 Å². The van der Waals surface area contributed by atoms with Crippen molar-refractivity contribution in [2.75, 3.05) is 0 Å². The van der Waals surface area contributed by atoms with E-state index in [0.29, 0.717) is 5.56 Å². The number of benzene rings is 1. The smallest absolute Gasteiger partial charge is 0.338 e. The van der Waals surface area contributed by atoms with Crippen LogP contribution in [-0.4, -0.2) is 12.1 Å². The van der Waals surface area contributed by atoms with Gasteiger partial charge in [0, 0.05) is 4.47 Å².